The van der Waals surface area contributed by atoms with Crippen LogP contribution in [0, 0.1) is 22.7 Å². The van der Waals surface area contributed by atoms with Crippen LogP contribution in [0.15, 0.2) is 29.1 Å². The van der Waals surface area contributed by atoms with Gasteiger partial charge >= 0.3 is 17.8 Å². The smallest absolute Gasteiger partial charge is 0.368 e. The van der Waals surface area contributed by atoms with Gasteiger partial charge in [0.25, 0.3) is 0 Å². The molecule has 0 radical (unpaired) electrons. The van der Waals surface area contributed by atoms with Crippen LogP contribution in [0.5, 0.6) is 0 Å². The van der Waals surface area contributed by atoms with E-state index >= 15 is 0 Å². The Labute approximate surface area is 227 Å². The van der Waals surface area contributed by atoms with Crippen LogP contribution in [0.1, 0.15) is 34.6 Å². The van der Waals surface area contributed by atoms with Gasteiger partial charge in [0.05, 0.1) is 17.6 Å². The summed E-state index contributed by atoms with van der Waals surface area (Å²) in [6.07, 6.45) is -5.20. The molecule has 0 unspecified atom stereocenters. The first-order chi connectivity index (χ1) is 18.4. The summed E-state index contributed by atoms with van der Waals surface area (Å²) in [5.74, 6) is -5.19. The Hall–Kier alpha value is -3.84. The summed E-state index contributed by atoms with van der Waals surface area (Å²) in [4.78, 5) is 67.8. The number of nitrogens with one attached hydrogen (secondary N) is 3. The molecule has 11 nitrogen and oxygen atoms in total. The molecule has 2 fully saturated rings. The van der Waals surface area contributed by atoms with Crippen molar-refractivity contribution in [1.82, 2.24) is 25.1 Å². The topological polar surface area (TPSA) is 159 Å². The number of aromatic nitrogens is 2. The molecule has 40 heavy (non-hydrogen) atoms. The Bertz CT molecular complexity index is 1420. The number of hydrogen-bond acceptors (Lipinski definition) is 5. The summed E-state index contributed by atoms with van der Waals surface area (Å²) in [5.41, 5.74) is 4.60. The van der Waals surface area contributed by atoms with E-state index in [1.54, 1.807) is 29.6 Å². The van der Waals surface area contributed by atoms with Crippen molar-refractivity contribution in [3.8, 4) is 0 Å². The van der Waals surface area contributed by atoms with Crippen molar-refractivity contribution in [1.29, 1.82) is 0 Å². The number of H-pyrrole nitrogens is 1. The molecule has 14 heteroatoms. The third kappa shape index (κ3) is 5.18. The molecule has 0 bridgehead atoms. The van der Waals surface area contributed by atoms with Crippen molar-refractivity contribution in [3.63, 3.8) is 0 Å². The molecule has 1 saturated carbocycles. The maximum atomic E-state index is 13.7. The lowest BCUT2D eigenvalue weighted by Gasteiger charge is -2.38. The maximum absolute atomic E-state index is 13.7. The molecule has 1 aromatic heterocycles. The second kappa shape index (κ2) is 9.66. The predicted octanol–water partition coefficient (Wildman–Crippen LogP) is 0.876. The van der Waals surface area contributed by atoms with Crippen LogP contribution in [-0.4, -0.2) is 68.9 Å². The molecule has 4 amide bonds. The number of fused-ring (bicyclic) bond motifs is 2. The van der Waals surface area contributed by atoms with Crippen molar-refractivity contribution in [2.75, 3.05) is 6.54 Å². The lowest BCUT2D eigenvalue weighted by atomic mass is 9.85. The third-order valence-corrected chi connectivity index (χ3v) is 8.11. The average Bonchev–Trinajstić information content (AvgIpc) is 3.15. The van der Waals surface area contributed by atoms with E-state index in [-0.39, 0.29) is 30.3 Å². The molecule has 4 rings (SSSR count). The number of amides is 4. The first-order valence-corrected chi connectivity index (χ1v) is 12.8. The number of likely N-dealkylation sites (tertiary alicyclic amines) is 1. The maximum Gasteiger partial charge on any atom is 0.471 e. The van der Waals surface area contributed by atoms with Crippen molar-refractivity contribution in [2.45, 2.75) is 65.5 Å². The Morgan fingerprint density at radius 1 is 1.12 bits per heavy atom. The fraction of sp³-hybridized carbons (Fsp3) is 0.577. The molecule has 218 valence electrons. The second-order valence-corrected chi connectivity index (χ2v) is 12.2. The fourth-order valence-electron chi connectivity index (χ4n) is 5.78. The van der Waals surface area contributed by atoms with Gasteiger partial charge in [-0.3, -0.25) is 23.7 Å². The number of alkyl halides is 3. The zero-order valence-electron chi connectivity index (χ0n) is 22.8. The van der Waals surface area contributed by atoms with Gasteiger partial charge in [-0.2, -0.15) is 13.2 Å². The first-order valence-electron chi connectivity index (χ1n) is 12.8. The summed E-state index contributed by atoms with van der Waals surface area (Å²) in [6.45, 7) is 8.14. The zero-order chi connectivity index (χ0) is 29.9. The summed E-state index contributed by atoms with van der Waals surface area (Å²) >= 11 is 0. The van der Waals surface area contributed by atoms with Crippen LogP contribution in [0.25, 0.3) is 11.0 Å². The Balaban J connectivity index is 1.61. The van der Waals surface area contributed by atoms with Crippen LogP contribution in [-0.2, 0) is 25.7 Å². The summed E-state index contributed by atoms with van der Waals surface area (Å²) in [7, 11) is 0. The lowest BCUT2D eigenvalue weighted by molar-refractivity contribution is -0.176. The zero-order valence-corrected chi connectivity index (χ0v) is 22.8. The number of hydrogen-bond donors (Lipinski definition) is 4. The first kappa shape index (κ1) is 29.2. The van der Waals surface area contributed by atoms with Crippen molar-refractivity contribution >= 4 is 34.7 Å². The van der Waals surface area contributed by atoms with Crippen molar-refractivity contribution in [3.05, 3.63) is 34.7 Å². The monoisotopic (exact) mass is 566 g/mol. The number of primary amides is 1. The molecule has 1 aliphatic carbocycles. The van der Waals surface area contributed by atoms with Gasteiger partial charge in [-0.15, -0.1) is 0 Å². The van der Waals surface area contributed by atoms with E-state index in [1.807, 2.05) is 13.8 Å². The predicted molar refractivity (Wildman–Crippen MR) is 137 cm³/mol. The Kier molecular flexibility index (Phi) is 7.04. The Morgan fingerprint density at radius 3 is 2.33 bits per heavy atom. The summed E-state index contributed by atoms with van der Waals surface area (Å²) in [5, 5.41) is 4.36. The highest BCUT2D eigenvalue weighted by Gasteiger charge is 2.70. The molecular formula is C26H33F3N6O5. The number of nitrogens with two attached hydrogens (primary N) is 1. The van der Waals surface area contributed by atoms with Crippen molar-refractivity contribution in [2.24, 2.45) is 28.4 Å². The minimum atomic E-state index is -5.20. The number of piperidine rings is 1. The molecule has 2 aliphatic rings. The molecule has 5 N–H and O–H groups in total. The Morgan fingerprint density at radius 2 is 1.75 bits per heavy atom. The molecular weight excluding hydrogens is 533 g/mol. The summed E-state index contributed by atoms with van der Waals surface area (Å²) < 4.78 is 40.4. The number of aromatic amines is 1. The highest BCUT2D eigenvalue weighted by atomic mass is 19.4. The van der Waals surface area contributed by atoms with Gasteiger partial charge in [0.15, 0.2) is 0 Å². The van der Waals surface area contributed by atoms with E-state index in [0.29, 0.717) is 11.0 Å². The number of benzene rings is 1. The highest BCUT2D eigenvalue weighted by Crippen LogP contribution is 2.65. The van der Waals surface area contributed by atoms with Crippen LogP contribution >= 0.6 is 0 Å². The SMILES string of the molecule is CC(C)(C)[C@H](NC(=O)C(F)(F)F)C(=O)N1C[C@H]2[C@H]([C@H]1C(=O)N[C@@H](Cn1c(=O)[nH]c3ccccc31)C(N)=O)C2(C)C. The molecule has 2 aromatic rings. The quantitative estimate of drug-likeness (QED) is 0.391. The largest absolute Gasteiger partial charge is 0.471 e. The average molecular weight is 567 g/mol. The van der Waals surface area contributed by atoms with E-state index in [1.165, 1.54) is 30.2 Å². The number of imidazole rings is 1. The summed E-state index contributed by atoms with van der Waals surface area (Å²) in [6, 6.07) is 2.72. The minimum Gasteiger partial charge on any atom is -0.368 e. The normalized spacial score (nSPS) is 23.3. The minimum absolute atomic E-state index is 0.0895. The van der Waals surface area contributed by atoms with Gasteiger partial charge in [0.2, 0.25) is 17.7 Å². The number of carbonyl (C=O) groups excluding carboxylic acids is 4. The number of carbonyl (C=O) groups is 4. The van der Waals surface area contributed by atoms with Crippen LogP contribution in [0.2, 0.25) is 0 Å². The van der Waals surface area contributed by atoms with Gasteiger partial charge in [0, 0.05) is 6.54 Å². The van der Waals surface area contributed by atoms with Gasteiger partial charge in [-0.05, 0) is 34.8 Å². The fourth-order valence-corrected chi connectivity index (χ4v) is 5.78. The van der Waals surface area contributed by atoms with Gasteiger partial charge in [-0.25, -0.2) is 4.79 Å². The number of halogens is 3. The number of nitrogens with zero attached hydrogens (tertiary/aromatic N) is 2. The van der Waals surface area contributed by atoms with E-state index in [0.717, 1.165) is 0 Å². The van der Waals surface area contributed by atoms with Gasteiger partial charge in [0.1, 0.15) is 18.1 Å². The molecule has 0 spiro atoms. The third-order valence-electron chi connectivity index (χ3n) is 8.11. The van der Waals surface area contributed by atoms with Crippen molar-refractivity contribution < 1.29 is 32.3 Å². The van der Waals surface area contributed by atoms with Crippen LogP contribution in [0.3, 0.4) is 0 Å². The van der Waals surface area contributed by atoms with Gasteiger partial charge in [-0.1, -0.05) is 46.8 Å². The molecule has 1 saturated heterocycles. The number of rotatable bonds is 7. The molecule has 1 aromatic carbocycles. The highest BCUT2D eigenvalue weighted by molar-refractivity contribution is 5.96. The standard InChI is InChI=1S/C26H33F3N6O5/c1-24(2,3)18(33-22(39)26(27,28)29)21(38)35-10-12-16(25(12,4)5)17(35)20(37)31-14(19(30)36)11-34-15-9-7-6-8-13(15)32-23(34)40/h6-9,12,14,16-18H,10-11H2,1-5H3,(H2,30,36)(H,31,37)(H,32,40)(H,33,39)/t12-,14-,16+,17-,18+/m0/s1. The molecule has 2 heterocycles. The van der Waals surface area contributed by atoms with E-state index in [4.69, 9.17) is 5.73 Å². The lowest BCUT2D eigenvalue weighted by Crippen LogP contribution is -2.61. The van der Waals surface area contributed by atoms with Crippen LogP contribution in [0.4, 0.5) is 13.2 Å². The van der Waals surface area contributed by atoms with Crippen LogP contribution < -0.4 is 22.1 Å². The van der Waals surface area contributed by atoms with E-state index < -0.39 is 59.0 Å². The molecule has 1 aliphatic heterocycles. The van der Waals surface area contributed by atoms with Gasteiger partial charge < -0.3 is 26.3 Å². The van der Waals surface area contributed by atoms with E-state index in [2.05, 4.69) is 10.3 Å². The molecule has 5 atom stereocenters. The second-order valence-electron chi connectivity index (χ2n) is 12.2. The number of para-hydroxylation sites is 2. The van der Waals surface area contributed by atoms with E-state index in [9.17, 15) is 37.1 Å².